The lowest BCUT2D eigenvalue weighted by atomic mass is 10.4. The van der Waals surface area contributed by atoms with Gasteiger partial charge >= 0.3 is 5.69 Å². The lowest BCUT2D eigenvalue weighted by Gasteiger charge is -2.06. The molecule has 0 spiro atoms. The fraction of sp³-hybridized carbons (Fsp3) is 0.125. The largest absolute Gasteiger partial charge is 0.392 e. The summed E-state index contributed by atoms with van der Waals surface area (Å²) >= 11 is 0. The third kappa shape index (κ3) is 2.77. The quantitative estimate of drug-likeness (QED) is 0.435. The zero-order valence-corrected chi connectivity index (χ0v) is 9.48. The van der Waals surface area contributed by atoms with Gasteiger partial charge in [0.2, 0.25) is 10.0 Å². The van der Waals surface area contributed by atoms with Crippen LogP contribution in [0.2, 0.25) is 0 Å². The van der Waals surface area contributed by atoms with E-state index in [0.717, 1.165) is 12.4 Å². The highest BCUT2D eigenvalue weighted by Crippen LogP contribution is 2.28. The molecule has 0 saturated heterocycles. The predicted octanol–water partition coefficient (Wildman–Crippen LogP) is 0.0363. The summed E-state index contributed by atoms with van der Waals surface area (Å²) in [5, 5.41) is 10.7. The van der Waals surface area contributed by atoms with Crippen LogP contribution in [-0.4, -0.2) is 24.9 Å². The molecule has 8 nitrogen and oxygen atoms in total. The van der Waals surface area contributed by atoms with E-state index in [9.17, 15) is 18.5 Å². The average molecular weight is 258 g/mol. The normalized spacial score (nSPS) is 11.1. The molecule has 0 saturated carbocycles. The molecule has 3 N–H and O–H groups in total. The molecule has 0 atom stereocenters. The van der Waals surface area contributed by atoms with Gasteiger partial charge in [0.1, 0.15) is 5.69 Å². The zero-order chi connectivity index (χ0) is 13.1. The topological polar surface area (TPSA) is 128 Å². The molecule has 0 bridgehead atoms. The number of rotatable bonds is 5. The molecule has 0 aliphatic heterocycles. The fourth-order valence-corrected chi connectivity index (χ4v) is 2.23. The Morgan fingerprint density at radius 2 is 2.24 bits per heavy atom. The maximum absolute atomic E-state index is 11.7. The van der Waals surface area contributed by atoms with E-state index in [0.29, 0.717) is 0 Å². The Kier molecular flexibility index (Phi) is 3.76. The molecule has 1 aromatic heterocycles. The average Bonchev–Trinajstić information content (AvgIpc) is 2.25. The van der Waals surface area contributed by atoms with Crippen LogP contribution in [0.25, 0.3) is 0 Å². The molecular weight excluding hydrogens is 248 g/mol. The lowest BCUT2D eigenvalue weighted by Crippen LogP contribution is -2.25. The highest BCUT2D eigenvalue weighted by Gasteiger charge is 2.28. The first-order valence-electron chi connectivity index (χ1n) is 4.38. The van der Waals surface area contributed by atoms with Crippen LogP contribution in [0.4, 0.5) is 11.4 Å². The smallest absolute Gasteiger partial charge is 0.315 e. The fourth-order valence-electron chi connectivity index (χ4n) is 1.09. The van der Waals surface area contributed by atoms with Crippen molar-refractivity contribution >= 4 is 21.4 Å². The van der Waals surface area contributed by atoms with Crippen LogP contribution in [0.1, 0.15) is 0 Å². The van der Waals surface area contributed by atoms with Gasteiger partial charge in [0.05, 0.1) is 17.3 Å². The first kappa shape index (κ1) is 13.1. The highest BCUT2D eigenvalue weighted by molar-refractivity contribution is 7.89. The number of hydrogen-bond acceptors (Lipinski definition) is 6. The second kappa shape index (κ2) is 4.89. The molecule has 92 valence electrons. The van der Waals surface area contributed by atoms with Crippen LogP contribution in [0.15, 0.2) is 29.9 Å². The number of aromatic nitrogens is 1. The zero-order valence-electron chi connectivity index (χ0n) is 8.66. The van der Waals surface area contributed by atoms with Crippen molar-refractivity contribution < 1.29 is 13.3 Å². The van der Waals surface area contributed by atoms with Gasteiger partial charge in [-0.1, -0.05) is 6.08 Å². The lowest BCUT2D eigenvalue weighted by molar-refractivity contribution is -0.386. The van der Waals surface area contributed by atoms with Crippen molar-refractivity contribution in [1.29, 1.82) is 0 Å². The van der Waals surface area contributed by atoms with Gasteiger partial charge in [0.25, 0.3) is 0 Å². The Morgan fingerprint density at radius 1 is 1.59 bits per heavy atom. The summed E-state index contributed by atoms with van der Waals surface area (Å²) in [6, 6.07) is 0. The maximum Gasteiger partial charge on any atom is 0.315 e. The number of sulfonamides is 1. The molecule has 0 amide bonds. The van der Waals surface area contributed by atoms with Crippen LogP contribution < -0.4 is 10.5 Å². The van der Waals surface area contributed by atoms with E-state index in [1.807, 2.05) is 0 Å². The van der Waals surface area contributed by atoms with Gasteiger partial charge in [-0.25, -0.2) is 13.1 Å². The molecule has 0 unspecified atom stereocenters. The van der Waals surface area contributed by atoms with E-state index in [4.69, 9.17) is 5.73 Å². The maximum atomic E-state index is 11.7. The first-order valence-corrected chi connectivity index (χ1v) is 5.87. The number of hydrogen-bond donors (Lipinski definition) is 2. The van der Waals surface area contributed by atoms with Crippen molar-refractivity contribution in [1.82, 2.24) is 9.71 Å². The third-order valence-electron chi connectivity index (χ3n) is 1.80. The van der Waals surface area contributed by atoms with Crippen LogP contribution >= 0.6 is 0 Å². The molecule has 0 aromatic carbocycles. The van der Waals surface area contributed by atoms with Gasteiger partial charge in [0, 0.05) is 6.54 Å². The molecule has 1 heterocycles. The minimum atomic E-state index is -4.03. The molecule has 9 heteroatoms. The molecule has 0 aliphatic rings. The Hall–Kier alpha value is -2.00. The molecule has 0 fully saturated rings. The van der Waals surface area contributed by atoms with Crippen LogP contribution in [0.3, 0.4) is 0 Å². The van der Waals surface area contributed by atoms with Gasteiger partial charge in [-0.2, -0.15) is 0 Å². The van der Waals surface area contributed by atoms with E-state index in [2.05, 4.69) is 16.3 Å². The van der Waals surface area contributed by atoms with Gasteiger partial charge in [0.15, 0.2) is 4.90 Å². The summed E-state index contributed by atoms with van der Waals surface area (Å²) in [7, 11) is -4.03. The van der Waals surface area contributed by atoms with E-state index < -0.39 is 25.5 Å². The number of nitro groups is 1. The number of anilines is 1. The van der Waals surface area contributed by atoms with E-state index in [1.54, 1.807) is 0 Å². The summed E-state index contributed by atoms with van der Waals surface area (Å²) < 4.78 is 25.5. The third-order valence-corrected chi connectivity index (χ3v) is 3.23. The Labute approximate surface area is 97.4 Å². The monoisotopic (exact) mass is 258 g/mol. The summed E-state index contributed by atoms with van der Waals surface area (Å²) in [5.41, 5.74) is 4.34. The first-order chi connectivity index (χ1) is 7.90. The van der Waals surface area contributed by atoms with Crippen molar-refractivity contribution in [3.8, 4) is 0 Å². The molecule has 1 rings (SSSR count). The molecule has 17 heavy (non-hydrogen) atoms. The van der Waals surface area contributed by atoms with Gasteiger partial charge in [-0.15, -0.1) is 6.58 Å². The predicted molar refractivity (Wildman–Crippen MR) is 60.7 cm³/mol. The van der Waals surface area contributed by atoms with Crippen molar-refractivity contribution in [2.75, 3.05) is 12.3 Å². The molecule has 0 radical (unpaired) electrons. The number of nitrogens with one attached hydrogen (secondary N) is 1. The minimum Gasteiger partial charge on any atom is -0.392 e. The number of nitrogen functional groups attached to an aromatic ring is 1. The van der Waals surface area contributed by atoms with E-state index in [1.165, 1.54) is 6.08 Å². The SMILES string of the molecule is C=CCNS(=O)(=O)c1cncc(N)c1[N+](=O)[O-]. The number of nitrogens with zero attached hydrogens (tertiary/aromatic N) is 2. The van der Waals surface area contributed by atoms with Crippen molar-refractivity contribution in [3.05, 3.63) is 35.2 Å². The van der Waals surface area contributed by atoms with Crippen molar-refractivity contribution in [2.24, 2.45) is 0 Å². The van der Waals surface area contributed by atoms with Gasteiger partial charge < -0.3 is 5.73 Å². The molecule has 1 aromatic rings. The van der Waals surface area contributed by atoms with Crippen LogP contribution in [0, 0.1) is 10.1 Å². The summed E-state index contributed by atoms with van der Waals surface area (Å²) in [5.74, 6) is 0. The van der Waals surface area contributed by atoms with Crippen LogP contribution in [0.5, 0.6) is 0 Å². The summed E-state index contributed by atoms with van der Waals surface area (Å²) in [6.45, 7) is 3.28. The van der Waals surface area contributed by atoms with Gasteiger partial charge in [-0.3, -0.25) is 15.1 Å². The summed E-state index contributed by atoms with van der Waals surface area (Å²) in [4.78, 5) is 12.8. The molecular formula is C8H10N4O4S. The number of pyridine rings is 1. The minimum absolute atomic E-state index is 0.0473. The Bertz CT molecular complexity index is 555. The van der Waals surface area contributed by atoms with E-state index in [-0.39, 0.29) is 12.2 Å². The Balaban J connectivity index is 3.36. The molecule has 0 aliphatic carbocycles. The number of nitrogens with two attached hydrogens (primary N) is 1. The van der Waals surface area contributed by atoms with Gasteiger partial charge in [-0.05, 0) is 0 Å². The highest BCUT2D eigenvalue weighted by atomic mass is 32.2. The second-order valence-electron chi connectivity index (χ2n) is 2.97. The second-order valence-corrected chi connectivity index (χ2v) is 4.71. The Morgan fingerprint density at radius 3 is 2.76 bits per heavy atom. The van der Waals surface area contributed by atoms with Crippen molar-refractivity contribution in [2.45, 2.75) is 4.90 Å². The standard InChI is InChI=1S/C8H10N4O4S/c1-2-3-11-17(15,16)7-5-10-4-6(9)8(7)12(13)14/h2,4-5,11H,1,3,9H2. The summed E-state index contributed by atoms with van der Waals surface area (Å²) in [6.07, 6.45) is 3.20. The van der Waals surface area contributed by atoms with Crippen LogP contribution in [-0.2, 0) is 10.0 Å². The van der Waals surface area contributed by atoms with Crippen molar-refractivity contribution in [3.63, 3.8) is 0 Å². The van der Waals surface area contributed by atoms with E-state index >= 15 is 0 Å².